The fourth-order valence-electron chi connectivity index (χ4n) is 6.08. The Labute approximate surface area is 186 Å². The predicted octanol–water partition coefficient (Wildman–Crippen LogP) is 8.60. The van der Waals surface area contributed by atoms with Crippen LogP contribution in [0.1, 0.15) is 69.4 Å². The molecule has 2 aromatic carbocycles. The molecule has 0 heterocycles. The van der Waals surface area contributed by atoms with E-state index in [4.69, 9.17) is 0 Å². The molecule has 0 spiro atoms. The van der Waals surface area contributed by atoms with E-state index in [0.717, 1.165) is 25.7 Å². The minimum Gasteiger partial charge on any atom is -0.0943 e. The highest BCUT2D eigenvalue weighted by Crippen LogP contribution is 2.66. The van der Waals surface area contributed by atoms with Crippen molar-refractivity contribution in [3.8, 4) is 0 Å². The SMILES string of the molecule is C=C(c1ccccc1)[C@@]12CC[C@@H](N=[N+]=[N-])C1CC(CCCCCC)=C2c1ccccc1. The predicted molar refractivity (Wildman–Crippen MR) is 130 cm³/mol. The summed E-state index contributed by atoms with van der Waals surface area (Å²) in [6, 6.07) is 21.5. The Morgan fingerprint density at radius 2 is 1.77 bits per heavy atom. The largest absolute Gasteiger partial charge is 0.0943 e. The van der Waals surface area contributed by atoms with E-state index in [0.29, 0.717) is 5.92 Å². The standard InChI is InChI=1S/C28H33N3/c1-3-4-5-8-17-24-20-25-26(30-31-29)18-19-28(25,21(2)22-13-9-6-10-14-22)27(24)23-15-11-7-12-16-23/h6-7,9-16,25-26H,2-5,8,17-20H2,1H3/t25?,26-,28+/m1/s1. The van der Waals surface area contributed by atoms with Crippen LogP contribution in [0.4, 0.5) is 0 Å². The normalized spacial score (nSPS) is 24.7. The van der Waals surface area contributed by atoms with Gasteiger partial charge in [0.15, 0.2) is 0 Å². The molecule has 3 nitrogen and oxygen atoms in total. The zero-order valence-electron chi connectivity index (χ0n) is 18.6. The third-order valence-electron chi connectivity index (χ3n) is 7.45. The Hall–Kier alpha value is -2.77. The number of benzene rings is 2. The molecule has 2 aliphatic rings. The molecule has 160 valence electrons. The van der Waals surface area contributed by atoms with Crippen molar-refractivity contribution in [3.63, 3.8) is 0 Å². The Morgan fingerprint density at radius 3 is 2.45 bits per heavy atom. The van der Waals surface area contributed by atoms with Crippen LogP contribution in [-0.4, -0.2) is 6.04 Å². The first kappa shape index (κ1) is 21.5. The number of allylic oxidation sites excluding steroid dienone is 3. The van der Waals surface area contributed by atoms with E-state index >= 15 is 0 Å². The van der Waals surface area contributed by atoms with Gasteiger partial charge in [0.1, 0.15) is 0 Å². The molecule has 0 radical (unpaired) electrons. The fraction of sp³-hybridized carbons (Fsp3) is 0.429. The molecule has 2 aromatic rings. The van der Waals surface area contributed by atoms with Crippen LogP contribution in [0.25, 0.3) is 21.6 Å². The smallest absolute Gasteiger partial charge is 0.0417 e. The van der Waals surface area contributed by atoms with Gasteiger partial charge >= 0.3 is 0 Å². The summed E-state index contributed by atoms with van der Waals surface area (Å²) in [5, 5.41) is 4.27. The van der Waals surface area contributed by atoms with Crippen molar-refractivity contribution in [1.29, 1.82) is 0 Å². The van der Waals surface area contributed by atoms with Crippen molar-refractivity contribution < 1.29 is 0 Å². The minimum absolute atomic E-state index is 0.0392. The fourth-order valence-corrected chi connectivity index (χ4v) is 6.08. The Kier molecular flexibility index (Phi) is 6.63. The van der Waals surface area contributed by atoms with Gasteiger partial charge in [0.25, 0.3) is 0 Å². The first-order valence-corrected chi connectivity index (χ1v) is 11.8. The number of hydrogen-bond acceptors (Lipinski definition) is 1. The summed E-state index contributed by atoms with van der Waals surface area (Å²) in [6.07, 6.45) is 9.13. The van der Waals surface area contributed by atoms with Crippen LogP contribution in [0.5, 0.6) is 0 Å². The average Bonchev–Trinajstić information content (AvgIpc) is 3.33. The van der Waals surface area contributed by atoms with Gasteiger partial charge in [0.2, 0.25) is 0 Å². The highest BCUT2D eigenvalue weighted by atomic mass is 15.2. The van der Waals surface area contributed by atoms with Gasteiger partial charge < -0.3 is 0 Å². The molecule has 0 amide bonds. The topological polar surface area (TPSA) is 48.8 Å². The summed E-state index contributed by atoms with van der Waals surface area (Å²) in [6.45, 7) is 6.95. The van der Waals surface area contributed by atoms with Crippen molar-refractivity contribution in [1.82, 2.24) is 0 Å². The molecule has 0 N–H and O–H groups in total. The Balaban J connectivity index is 1.83. The molecule has 1 unspecified atom stereocenters. The number of azide groups is 1. The monoisotopic (exact) mass is 411 g/mol. The second-order valence-corrected chi connectivity index (χ2v) is 9.09. The van der Waals surface area contributed by atoms with E-state index in [1.54, 1.807) is 5.57 Å². The first-order valence-electron chi connectivity index (χ1n) is 11.8. The second-order valence-electron chi connectivity index (χ2n) is 9.09. The molecule has 4 rings (SSSR count). The van der Waals surface area contributed by atoms with E-state index in [-0.39, 0.29) is 11.5 Å². The van der Waals surface area contributed by atoms with Gasteiger partial charge in [-0.05, 0) is 65.8 Å². The number of nitrogens with zero attached hydrogens (tertiary/aromatic N) is 3. The van der Waals surface area contributed by atoms with Crippen LogP contribution in [0.2, 0.25) is 0 Å². The summed E-state index contributed by atoms with van der Waals surface area (Å²) in [4.78, 5) is 3.23. The lowest BCUT2D eigenvalue weighted by Crippen LogP contribution is -2.28. The van der Waals surface area contributed by atoms with Crippen LogP contribution < -0.4 is 0 Å². The second kappa shape index (κ2) is 9.58. The van der Waals surface area contributed by atoms with Crippen molar-refractivity contribution in [3.05, 3.63) is 94.4 Å². The van der Waals surface area contributed by atoms with Crippen LogP contribution in [0.3, 0.4) is 0 Å². The zero-order valence-corrected chi connectivity index (χ0v) is 18.6. The summed E-state index contributed by atoms with van der Waals surface area (Å²) in [5.74, 6) is 0.299. The van der Waals surface area contributed by atoms with Crippen LogP contribution >= 0.6 is 0 Å². The van der Waals surface area contributed by atoms with Crippen molar-refractivity contribution >= 4 is 11.1 Å². The molecule has 3 atom stereocenters. The molecule has 2 aliphatic carbocycles. The van der Waals surface area contributed by atoms with Gasteiger partial charge in [0.05, 0.1) is 0 Å². The Bertz CT molecular complexity index is 985. The molecule has 0 aromatic heterocycles. The maximum atomic E-state index is 9.26. The molecule has 1 saturated carbocycles. The van der Waals surface area contributed by atoms with E-state index in [1.165, 1.54) is 48.0 Å². The lowest BCUT2D eigenvalue weighted by molar-refractivity contribution is 0.376. The van der Waals surface area contributed by atoms with Crippen molar-refractivity contribution in [2.24, 2.45) is 16.4 Å². The average molecular weight is 412 g/mol. The third kappa shape index (κ3) is 3.95. The molecule has 0 aliphatic heterocycles. The van der Waals surface area contributed by atoms with Crippen molar-refractivity contribution in [2.45, 2.75) is 64.3 Å². The van der Waals surface area contributed by atoms with E-state index in [1.807, 2.05) is 0 Å². The Morgan fingerprint density at radius 1 is 1.06 bits per heavy atom. The van der Waals surface area contributed by atoms with E-state index in [2.05, 4.69) is 84.2 Å². The summed E-state index contributed by atoms with van der Waals surface area (Å²) in [7, 11) is 0. The highest BCUT2D eigenvalue weighted by molar-refractivity contribution is 5.90. The molecule has 0 saturated heterocycles. The number of rotatable bonds is 9. The van der Waals surface area contributed by atoms with Gasteiger partial charge in [-0.25, -0.2) is 0 Å². The van der Waals surface area contributed by atoms with E-state index < -0.39 is 0 Å². The number of hydrogen-bond donors (Lipinski definition) is 0. The van der Waals surface area contributed by atoms with Gasteiger partial charge in [-0.3, -0.25) is 0 Å². The summed E-state index contributed by atoms with van der Waals surface area (Å²) < 4.78 is 0. The van der Waals surface area contributed by atoms with Gasteiger partial charge in [-0.15, -0.1) is 0 Å². The molecule has 1 fully saturated rings. The van der Waals surface area contributed by atoms with Crippen LogP contribution in [-0.2, 0) is 0 Å². The maximum absolute atomic E-state index is 9.26. The quantitative estimate of drug-likeness (QED) is 0.172. The van der Waals surface area contributed by atoms with E-state index in [9.17, 15) is 5.53 Å². The number of fused-ring (bicyclic) bond motifs is 1. The van der Waals surface area contributed by atoms with Crippen LogP contribution in [0.15, 0.2) is 77.9 Å². The van der Waals surface area contributed by atoms with Gasteiger partial charge in [-0.2, -0.15) is 0 Å². The van der Waals surface area contributed by atoms with Gasteiger partial charge in [0, 0.05) is 16.4 Å². The third-order valence-corrected chi connectivity index (χ3v) is 7.45. The lowest BCUT2D eigenvalue weighted by atomic mass is 9.66. The first-order chi connectivity index (χ1) is 15.2. The minimum atomic E-state index is -0.151. The summed E-state index contributed by atoms with van der Waals surface area (Å²) >= 11 is 0. The molecule has 31 heavy (non-hydrogen) atoms. The summed E-state index contributed by atoms with van der Waals surface area (Å²) in [5.41, 5.74) is 15.8. The van der Waals surface area contributed by atoms with Gasteiger partial charge in [-0.1, -0.05) is 104 Å². The van der Waals surface area contributed by atoms with Crippen LogP contribution in [0, 0.1) is 11.3 Å². The zero-order chi connectivity index (χ0) is 21.7. The highest BCUT2D eigenvalue weighted by Gasteiger charge is 2.56. The molecule has 0 bridgehead atoms. The molecule has 3 heteroatoms. The maximum Gasteiger partial charge on any atom is 0.0417 e. The number of unbranched alkanes of at least 4 members (excludes halogenated alkanes) is 3. The molecular formula is C28H33N3. The van der Waals surface area contributed by atoms with Crippen molar-refractivity contribution in [2.75, 3.05) is 0 Å². The lowest BCUT2D eigenvalue weighted by Gasteiger charge is -2.37. The molecular weight excluding hydrogens is 378 g/mol.